The van der Waals surface area contributed by atoms with Gasteiger partial charge in [0.15, 0.2) is 0 Å². The normalized spacial score (nSPS) is 27.0. The molecule has 22 heavy (non-hydrogen) atoms. The molecule has 1 spiro atoms. The molecule has 0 bridgehead atoms. The lowest BCUT2D eigenvalue weighted by Gasteiger charge is -2.31. The van der Waals surface area contributed by atoms with Gasteiger partial charge in [-0.2, -0.15) is 5.10 Å². The summed E-state index contributed by atoms with van der Waals surface area (Å²) in [5, 5.41) is 10.4. The van der Waals surface area contributed by atoms with E-state index in [2.05, 4.69) is 15.7 Å². The second-order valence-corrected chi connectivity index (χ2v) is 6.81. The average molecular weight is 304 g/mol. The van der Waals surface area contributed by atoms with Gasteiger partial charge in [0.05, 0.1) is 23.9 Å². The van der Waals surface area contributed by atoms with E-state index in [-0.39, 0.29) is 17.7 Å². The van der Waals surface area contributed by atoms with Crippen LogP contribution in [0.4, 0.5) is 10.6 Å². The van der Waals surface area contributed by atoms with Gasteiger partial charge in [-0.3, -0.25) is 5.32 Å². The summed E-state index contributed by atoms with van der Waals surface area (Å²) in [4.78, 5) is 12.4. The van der Waals surface area contributed by atoms with E-state index < -0.39 is 0 Å². The third-order valence-electron chi connectivity index (χ3n) is 5.52. The summed E-state index contributed by atoms with van der Waals surface area (Å²) in [5.41, 5.74) is -0.106. The summed E-state index contributed by atoms with van der Waals surface area (Å²) in [6, 6.07) is 2.31. The molecule has 6 nitrogen and oxygen atoms in total. The number of nitrogens with one attached hydrogen (secondary N) is 2. The number of aromatic nitrogens is 2. The Kier molecular flexibility index (Phi) is 3.56. The van der Waals surface area contributed by atoms with Crippen molar-refractivity contribution in [1.29, 1.82) is 0 Å². The first-order valence-electron chi connectivity index (χ1n) is 8.52. The van der Waals surface area contributed by atoms with Crippen molar-refractivity contribution in [2.45, 2.75) is 69.1 Å². The average Bonchev–Trinajstić information content (AvgIpc) is 3.15. The molecule has 1 unspecified atom stereocenters. The lowest BCUT2D eigenvalue weighted by Crippen LogP contribution is -2.49. The standard InChI is InChI=1S/C16H24N4O2/c21-15(18-13-7-11-22-16(13)8-1-2-9-16)19-14-6-10-17-20(14)12-4-3-5-12/h6,10,12-13H,1-5,7-9,11H2,(H2,18,19,21). The Labute approximate surface area is 130 Å². The molecule has 1 saturated heterocycles. The van der Waals surface area contributed by atoms with Gasteiger partial charge in [-0.15, -0.1) is 0 Å². The first kappa shape index (κ1) is 14.1. The van der Waals surface area contributed by atoms with E-state index in [1.165, 1.54) is 19.3 Å². The van der Waals surface area contributed by atoms with Crippen LogP contribution >= 0.6 is 0 Å². The molecule has 6 heteroatoms. The first-order chi connectivity index (χ1) is 10.8. The molecule has 1 aromatic rings. The Morgan fingerprint density at radius 3 is 2.82 bits per heavy atom. The van der Waals surface area contributed by atoms with Crippen LogP contribution in [0.5, 0.6) is 0 Å². The predicted octanol–water partition coefficient (Wildman–Crippen LogP) is 2.83. The summed E-state index contributed by atoms with van der Waals surface area (Å²) in [6.07, 6.45) is 10.8. The largest absolute Gasteiger partial charge is 0.373 e. The monoisotopic (exact) mass is 304 g/mol. The molecular formula is C16H24N4O2. The van der Waals surface area contributed by atoms with Crippen LogP contribution in [0.1, 0.15) is 57.4 Å². The molecule has 4 rings (SSSR count). The van der Waals surface area contributed by atoms with Gasteiger partial charge in [0, 0.05) is 12.7 Å². The summed E-state index contributed by atoms with van der Waals surface area (Å²) < 4.78 is 7.92. The molecule has 3 aliphatic rings. The Morgan fingerprint density at radius 2 is 2.09 bits per heavy atom. The van der Waals surface area contributed by atoms with Gasteiger partial charge < -0.3 is 10.1 Å². The number of hydrogen-bond donors (Lipinski definition) is 2. The number of nitrogens with zero attached hydrogens (tertiary/aromatic N) is 2. The molecule has 2 saturated carbocycles. The molecule has 2 aliphatic carbocycles. The van der Waals surface area contributed by atoms with Crippen molar-refractivity contribution in [1.82, 2.24) is 15.1 Å². The summed E-state index contributed by atoms with van der Waals surface area (Å²) in [5.74, 6) is 0.793. The van der Waals surface area contributed by atoms with Crippen molar-refractivity contribution in [3.63, 3.8) is 0 Å². The van der Waals surface area contributed by atoms with Crippen molar-refractivity contribution in [3.8, 4) is 0 Å². The number of carbonyl (C=O) groups excluding carboxylic acids is 1. The van der Waals surface area contributed by atoms with E-state index in [0.29, 0.717) is 6.04 Å². The van der Waals surface area contributed by atoms with Crippen LogP contribution in [0.2, 0.25) is 0 Å². The van der Waals surface area contributed by atoms with Gasteiger partial charge in [0.25, 0.3) is 0 Å². The SMILES string of the molecule is O=C(Nc1ccnn1C1CCC1)NC1CCOC12CCCC2. The summed E-state index contributed by atoms with van der Waals surface area (Å²) in [7, 11) is 0. The van der Waals surface area contributed by atoms with Gasteiger partial charge in [0.2, 0.25) is 0 Å². The number of amides is 2. The highest BCUT2D eigenvalue weighted by Crippen LogP contribution is 2.41. The molecule has 1 aromatic heterocycles. The highest BCUT2D eigenvalue weighted by Gasteiger charge is 2.46. The van der Waals surface area contributed by atoms with Crippen LogP contribution in [-0.4, -0.2) is 34.1 Å². The van der Waals surface area contributed by atoms with Crippen molar-refractivity contribution in [2.24, 2.45) is 0 Å². The van der Waals surface area contributed by atoms with Crippen LogP contribution in [0.25, 0.3) is 0 Å². The molecule has 2 heterocycles. The fraction of sp³-hybridized carbons (Fsp3) is 0.750. The number of anilines is 1. The fourth-order valence-corrected chi connectivity index (χ4v) is 4.06. The quantitative estimate of drug-likeness (QED) is 0.902. The van der Waals surface area contributed by atoms with Crippen LogP contribution in [-0.2, 0) is 4.74 Å². The zero-order valence-electron chi connectivity index (χ0n) is 12.9. The molecule has 120 valence electrons. The van der Waals surface area contributed by atoms with E-state index in [1.54, 1.807) is 6.20 Å². The Hall–Kier alpha value is -1.56. The van der Waals surface area contributed by atoms with E-state index in [4.69, 9.17) is 4.74 Å². The smallest absolute Gasteiger partial charge is 0.320 e. The Balaban J connectivity index is 1.39. The summed E-state index contributed by atoms with van der Waals surface area (Å²) in [6.45, 7) is 0.755. The fourth-order valence-electron chi connectivity index (χ4n) is 4.06. The molecule has 0 aromatic carbocycles. The van der Waals surface area contributed by atoms with Crippen molar-refractivity contribution >= 4 is 11.8 Å². The topological polar surface area (TPSA) is 68.2 Å². The molecule has 0 radical (unpaired) electrons. The van der Waals surface area contributed by atoms with Crippen molar-refractivity contribution in [2.75, 3.05) is 11.9 Å². The number of urea groups is 1. The minimum absolute atomic E-state index is 0.106. The van der Waals surface area contributed by atoms with Crippen LogP contribution in [0, 0.1) is 0 Å². The highest BCUT2D eigenvalue weighted by atomic mass is 16.5. The first-order valence-corrected chi connectivity index (χ1v) is 8.52. The zero-order chi connectivity index (χ0) is 15.0. The Bertz CT molecular complexity index is 541. The van der Waals surface area contributed by atoms with Crippen molar-refractivity contribution < 1.29 is 9.53 Å². The maximum Gasteiger partial charge on any atom is 0.320 e. The third-order valence-corrected chi connectivity index (χ3v) is 5.52. The minimum Gasteiger partial charge on any atom is -0.373 e. The van der Waals surface area contributed by atoms with E-state index in [0.717, 1.165) is 44.5 Å². The third kappa shape index (κ3) is 2.39. The number of carbonyl (C=O) groups is 1. The highest BCUT2D eigenvalue weighted by molar-refractivity contribution is 5.88. The van der Waals surface area contributed by atoms with Gasteiger partial charge in [-0.05, 0) is 38.5 Å². The van der Waals surface area contributed by atoms with Crippen molar-refractivity contribution in [3.05, 3.63) is 12.3 Å². The van der Waals surface area contributed by atoms with Gasteiger partial charge in [0.1, 0.15) is 5.82 Å². The van der Waals surface area contributed by atoms with E-state index in [9.17, 15) is 4.79 Å². The van der Waals surface area contributed by atoms with E-state index in [1.807, 2.05) is 10.7 Å². The van der Waals surface area contributed by atoms with Crippen LogP contribution in [0.15, 0.2) is 12.3 Å². The zero-order valence-corrected chi connectivity index (χ0v) is 12.9. The Morgan fingerprint density at radius 1 is 1.27 bits per heavy atom. The van der Waals surface area contributed by atoms with E-state index >= 15 is 0 Å². The van der Waals surface area contributed by atoms with Gasteiger partial charge in [-0.25, -0.2) is 9.48 Å². The number of rotatable bonds is 3. The number of ether oxygens (including phenoxy) is 1. The lowest BCUT2D eigenvalue weighted by molar-refractivity contribution is -0.00231. The second-order valence-electron chi connectivity index (χ2n) is 6.81. The maximum absolute atomic E-state index is 12.4. The van der Waals surface area contributed by atoms with Gasteiger partial charge in [-0.1, -0.05) is 12.8 Å². The number of hydrogen-bond acceptors (Lipinski definition) is 3. The molecular weight excluding hydrogens is 280 g/mol. The second kappa shape index (κ2) is 5.57. The summed E-state index contributed by atoms with van der Waals surface area (Å²) >= 11 is 0. The predicted molar refractivity (Wildman–Crippen MR) is 82.8 cm³/mol. The van der Waals surface area contributed by atoms with Crippen LogP contribution < -0.4 is 10.6 Å². The molecule has 1 aliphatic heterocycles. The van der Waals surface area contributed by atoms with Gasteiger partial charge >= 0.3 is 6.03 Å². The molecule has 3 fully saturated rings. The lowest BCUT2D eigenvalue weighted by atomic mass is 9.93. The van der Waals surface area contributed by atoms with Crippen LogP contribution in [0.3, 0.4) is 0 Å². The molecule has 2 N–H and O–H groups in total. The maximum atomic E-state index is 12.4. The molecule has 2 amide bonds. The minimum atomic E-state index is -0.136. The molecule has 1 atom stereocenters.